The molecule has 0 radical (unpaired) electrons. The zero-order valence-corrected chi connectivity index (χ0v) is 17.5. The number of carbonyl (C=O) groups is 3. The number of amides is 3. The van der Waals surface area contributed by atoms with Crippen molar-refractivity contribution in [3.8, 4) is 0 Å². The Bertz CT molecular complexity index is 926. The van der Waals surface area contributed by atoms with Crippen molar-refractivity contribution in [3.05, 3.63) is 47.0 Å². The van der Waals surface area contributed by atoms with Gasteiger partial charge in [-0.15, -0.1) is 0 Å². The maximum atomic E-state index is 12.4. The molecule has 2 aliphatic rings. The van der Waals surface area contributed by atoms with Gasteiger partial charge in [0.15, 0.2) is 0 Å². The van der Waals surface area contributed by atoms with Crippen LogP contribution in [0, 0.1) is 0 Å². The predicted molar refractivity (Wildman–Crippen MR) is 115 cm³/mol. The van der Waals surface area contributed by atoms with E-state index in [1.807, 2.05) is 0 Å². The molecule has 0 spiro atoms. The van der Waals surface area contributed by atoms with E-state index >= 15 is 0 Å². The minimum Gasteiger partial charge on any atom is -0.442 e. The van der Waals surface area contributed by atoms with Gasteiger partial charge in [-0.05, 0) is 30.3 Å². The lowest BCUT2D eigenvalue weighted by Gasteiger charge is -2.17. The van der Waals surface area contributed by atoms with Crippen LogP contribution in [0.25, 0.3) is 0 Å². The van der Waals surface area contributed by atoms with Crippen LogP contribution in [0.15, 0.2) is 47.0 Å². The average Bonchev–Trinajstić information content (AvgIpc) is 3.08. The molecule has 152 valence electrons. The van der Waals surface area contributed by atoms with E-state index in [9.17, 15) is 14.4 Å². The molecule has 7 nitrogen and oxygen atoms in total. The first-order valence-corrected chi connectivity index (χ1v) is 9.76. The second-order valence-corrected chi connectivity index (χ2v) is 7.62. The van der Waals surface area contributed by atoms with Gasteiger partial charge >= 0.3 is 6.09 Å². The van der Waals surface area contributed by atoms with E-state index in [0.717, 1.165) is 5.69 Å². The SMILES string of the molecule is CC(=O)N(C)c1ccc(N2CC(CNC(=O)C3=CC(Cl)=CCC3=S)OC2=O)cc1. The highest BCUT2D eigenvalue weighted by atomic mass is 35.5. The Morgan fingerprint density at radius 1 is 1.34 bits per heavy atom. The van der Waals surface area contributed by atoms with Crippen LogP contribution in [0.1, 0.15) is 13.3 Å². The zero-order chi connectivity index (χ0) is 21.1. The fraction of sp³-hybridized carbons (Fsp3) is 0.300. The molecule has 3 rings (SSSR count). The van der Waals surface area contributed by atoms with Gasteiger partial charge in [0, 0.05) is 41.7 Å². The fourth-order valence-corrected chi connectivity index (χ4v) is 3.37. The second-order valence-electron chi connectivity index (χ2n) is 6.70. The number of anilines is 2. The molecule has 1 fully saturated rings. The van der Waals surface area contributed by atoms with E-state index in [1.54, 1.807) is 37.4 Å². The largest absolute Gasteiger partial charge is 0.442 e. The molecule has 1 N–H and O–H groups in total. The smallest absolute Gasteiger partial charge is 0.414 e. The highest BCUT2D eigenvalue weighted by Gasteiger charge is 2.33. The van der Waals surface area contributed by atoms with Crippen molar-refractivity contribution in [2.45, 2.75) is 19.4 Å². The summed E-state index contributed by atoms with van der Waals surface area (Å²) in [7, 11) is 1.68. The van der Waals surface area contributed by atoms with Crippen LogP contribution in [-0.4, -0.2) is 49.0 Å². The van der Waals surface area contributed by atoms with Crippen molar-refractivity contribution in [1.82, 2.24) is 5.32 Å². The molecule has 0 saturated carbocycles. The maximum Gasteiger partial charge on any atom is 0.414 e. The third-order valence-corrected chi connectivity index (χ3v) is 5.35. The highest BCUT2D eigenvalue weighted by molar-refractivity contribution is 7.81. The van der Waals surface area contributed by atoms with Crippen LogP contribution in [0.4, 0.5) is 16.2 Å². The molecule has 1 atom stereocenters. The third kappa shape index (κ3) is 4.83. The van der Waals surface area contributed by atoms with Gasteiger partial charge in [0.05, 0.1) is 18.7 Å². The molecule has 9 heteroatoms. The number of nitrogens with zero attached hydrogens (tertiary/aromatic N) is 2. The summed E-state index contributed by atoms with van der Waals surface area (Å²) in [6.07, 6.45) is 2.76. The molecule has 1 aromatic carbocycles. The Labute approximate surface area is 178 Å². The zero-order valence-electron chi connectivity index (χ0n) is 16.0. The van der Waals surface area contributed by atoms with Crippen molar-refractivity contribution < 1.29 is 19.1 Å². The first kappa shape index (κ1) is 21.0. The molecule has 0 aromatic heterocycles. The molecule has 1 aromatic rings. The molecular weight excluding hydrogens is 414 g/mol. The maximum absolute atomic E-state index is 12.4. The van der Waals surface area contributed by atoms with E-state index < -0.39 is 12.2 Å². The quantitative estimate of drug-likeness (QED) is 0.722. The predicted octanol–water partition coefficient (Wildman–Crippen LogP) is 2.93. The summed E-state index contributed by atoms with van der Waals surface area (Å²) >= 11 is 11.2. The third-order valence-electron chi connectivity index (χ3n) is 4.70. The highest BCUT2D eigenvalue weighted by Crippen LogP contribution is 2.25. The summed E-state index contributed by atoms with van der Waals surface area (Å²) < 4.78 is 5.35. The Balaban J connectivity index is 1.59. The summed E-state index contributed by atoms with van der Waals surface area (Å²) in [6, 6.07) is 7.01. The minimum atomic E-state index is -0.491. The summed E-state index contributed by atoms with van der Waals surface area (Å²) in [4.78, 5) is 39.5. The van der Waals surface area contributed by atoms with E-state index in [-0.39, 0.29) is 18.4 Å². The van der Waals surface area contributed by atoms with Gasteiger partial charge in [-0.1, -0.05) is 29.9 Å². The second kappa shape index (κ2) is 8.75. The van der Waals surface area contributed by atoms with Gasteiger partial charge in [-0.3, -0.25) is 14.5 Å². The summed E-state index contributed by atoms with van der Waals surface area (Å²) in [5.41, 5.74) is 1.73. The number of hydrogen-bond acceptors (Lipinski definition) is 5. The molecule has 3 amide bonds. The Hall–Kier alpha value is -2.71. The van der Waals surface area contributed by atoms with Crippen molar-refractivity contribution in [2.24, 2.45) is 0 Å². The number of benzene rings is 1. The van der Waals surface area contributed by atoms with E-state index in [2.05, 4.69) is 5.32 Å². The number of hydrogen-bond donors (Lipinski definition) is 1. The van der Waals surface area contributed by atoms with E-state index in [0.29, 0.717) is 34.1 Å². The number of thiocarbonyl (C=S) groups is 1. The number of cyclic esters (lactones) is 1. The standard InChI is InChI=1S/C20H20ClN3O4S/c1-12(25)23(2)14-4-6-15(7-5-14)24-11-16(28-20(24)27)10-22-19(26)17-9-13(21)3-8-18(17)29/h3-7,9,16H,8,10-11H2,1-2H3,(H,22,26). The number of ether oxygens (including phenoxy) is 1. The number of halogens is 1. The molecule has 0 bridgehead atoms. The molecule has 1 unspecified atom stereocenters. The number of nitrogens with one attached hydrogen (secondary N) is 1. The summed E-state index contributed by atoms with van der Waals surface area (Å²) in [6.45, 7) is 1.93. The van der Waals surface area contributed by atoms with Crippen LogP contribution in [0.5, 0.6) is 0 Å². The van der Waals surface area contributed by atoms with Crippen molar-refractivity contribution in [2.75, 3.05) is 29.9 Å². The Kier molecular flexibility index (Phi) is 6.34. The number of allylic oxidation sites excluding steroid dienone is 3. The lowest BCUT2D eigenvalue weighted by atomic mass is 10.0. The van der Waals surface area contributed by atoms with Crippen LogP contribution in [0.2, 0.25) is 0 Å². The van der Waals surface area contributed by atoms with Crippen LogP contribution in [-0.2, 0) is 14.3 Å². The monoisotopic (exact) mass is 433 g/mol. The molecular formula is C20H20ClN3O4S. The Morgan fingerprint density at radius 3 is 2.69 bits per heavy atom. The van der Waals surface area contributed by atoms with Crippen molar-refractivity contribution in [1.29, 1.82) is 0 Å². The van der Waals surface area contributed by atoms with Crippen molar-refractivity contribution in [3.63, 3.8) is 0 Å². The van der Waals surface area contributed by atoms with Crippen molar-refractivity contribution >= 4 is 58.0 Å². The first-order valence-electron chi connectivity index (χ1n) is 8.97. The van der Waals surface area contributed by atoms with Crippen LogP contribution >= 0.6 is 23.8 Å². The average molecular weight is 434 g/mol. The van der Waals surface area contributed by atoms with Gasteiger partial charge < -0.3 is 15.0 Å². The minimum absolute atomic E-state index is 0.0847. The molecule has 1 aliphatic carbocycles. The van der Waals surface area contributed by atoms with Crippen LogP contribution in [0.3, 0.4) is 0 Å². The number of rotatable bonds is 5. The summed E-state index contributed by atoms with van der Waals surface area (Å²) in [5.74, 6) is -0.425. The summed E-state index contributed by atoms with van der Waals surface area (Å²) in [5, 5.41) is 3.22. The normalized spacial score (nSPS) is 18.7. The van der Waals surface area contributed by atoms with Gasteiger partial charge in [0.25, 0.3) is 5.91 Å². The molecule has 1 saturated heterocycles. The van der Waals surface area contributed by atoms with E-state index in [1.165, 1.54) is 22.8 Å². The lowest BCUT2D eigenvalue weighted by molar-refractivity contribution is -0.117. The van der Waals surface area contributed by atoms with Gasteiger partial charge in [0.1, 0.15) is 6.10 Å². The topological polar surface area (TPSA) is 79.0 Å². The molecule has 1 aliphatic heterocycles. The first-order chi connectivity index (χ1) is 13.8. The number of carbonyl (C=O) groups excluding carboxylic acids is 3. The van der Waals surface area contributed by atoms with Gasteiger partial charge in [-0.2, -0.15) is 0 Å². The molecule has 29 heavy (non-hydrogen) atoms. The Morgan fingerprint density at radius 2 is 2.03 bits per heavy atom. The fourth-order valence-electron chi connectivity index (χ4n) is 2.95. The molecule has 1 heterocycles. The lowest BCUT2D eigenvalue weighted by Crippen LogP contribution is -2.36. The van der Waals surface area contributed by atoms with Gasteiger partial charge in [0.2, 0.25) is 5.91 Å². The van der Waals surface area contributed by atoms with Crippen LogP contribution < -0.4 is 15.1 Å². The van der Waals surface area contributed by atoms with E-state index in [4.69, 9.17) is 28.6 Å². The van der Waals surface area contributed by atoms with Gasteiger partial charge in [-0.25, -0.2) is 4.79 Å².